The molecular formula is C20H24N2O6S. The number of benzene rings is 2. The molecule has 8 nitrogen and oxygen atoms in total. The number of carbonyl (C=O) groups excluding carboxylic acids is 1. The predicted octanol–water partition coefficient (Wildman–Crippen LogP) is 2.19. The van der Waals surface area contributed by atoms with Crippen LogP contribution in [0, 0.1) is 0 Å². The number of nitrogens with one attached hydrogen (secondary N) is 2. The molecule has 9 heteroatoms. The highest BCUT2D eigenvalue weighted by atomic mass is 32.2. The first-order valence-corrected chi connectivity index (χ1v) is 10.8. The number of ether oxygens (including phenoxy) is 3. The van der Waals surface area contributed by atoms with E-state index < -0.39 is 10.0 Å². The normalized spacial score (nSPS) is 12.6. The molecule has 156 valence electrons. The summed E-state index contributed by atoms with van der Waals surface area (Å²) in [5.74, 6) is 1.47. The van der Waals surface area contributed by atoms with Crippen molar-refractivity contribution >= 4 is 15.9 Å². The van der Waals surface area contributed by atoms with Gasteiger partial charge >= 0.3 is 0 Å². The summed E-state index contributed by atoms with van der Waals surface area (Å²) in [6, 6.07) is 11.4. The summed E-state index contributed by atoms with van der Waals surface area (Å²) in [5.41, 5.74) is 0.882. The van der Waals surface area contributed by atoms with Gasteiger partial charge in [-0.05, 0) is 48.4 Å². The molecule has 0 saturated carbocycles. The molecule has 1 heterocycles. The number of fused-ring (bicyclic) bond motifs is 1. The SMILES string of the molecule is CCCCNS(=O)(=O)c1ccc(OCC(=O)NCc2ccc3c(c2)OCO3)cc1. The number of hydrogen-bond acceptors (Lipinski definition) is 6. The van der Waals surface area contributed by atoms with Crippen LogP contribution in [0.4, 0.5) is 0 Å². The quantitative estimate of drug-likeness (QED) is 0.571. The third kappa shape index (κ3) is 5.85. The zero-order chi connectivity index (χ0) is 20.7. The van der Waals surface area contributed by atoms with Gasteiger partial charge < -0.3 is 19.5 Å². The van der Waals surface area contributed by atoms with Crippen molar-refractivity contribution in [1.82, 2.24) is 10.0 Å². The van der Waals surface area contributed by atoms with Gasteiger partial charge in [-0.15, -0.1) is 0 Å². The Balaban J connectivity index is 1.45. The lowest BCUT2D eigenvalue weighted by Crippen LogP contribution is -2.28. The summed E-state index contributed by atoms with van der Waals surface area (Å²) in [6.07, 6.45) is 1.69. The molecule has 0 fully saturated rings. The summed E-state index contributed by atoms with van der Waals surface area (Å²) < 4.78 is 42.8. The van der Waals surface area contributed by atoms with Crippen molar-refractivity contribution in [3.8, 4) is 17.2 Å². The van der Waals surface area contributed by atoms with Crippen LogP contribution in [0.3, 0.4) is 0 Å². The summed E-state index contributed by atoms with van der Waals surface area (Å²) in [6.45, 7) is 2.76. The van der Waals surface area contributed by atoms with Crippen LogP contribution in [0.5, 0.6) is 17.2 Å². The van der Waals surface area contributed by atoms with E-state index in [0.29, 0.717) is 30.3 Å². The van der Waals surface area contributed by atoms with E-state index in [2.05, 4.69) is 10.0 Å². The zero-order valence-electron chi connectivity index (χ0n) is 16.1. The van der Waals surface area contributed by atoms with Gasteiger partial charge in [0.1, 0.15) is 5.75 Å². The molecule has 2 aromatic rings. The van der Waals surface area contributed by atoms with E-state index in [-0.39, 0.29) is 24.2 Å². The van der Waals surface area contributed by atoms with Crippen LogP contribution in [0.15, 0.2) is 47.4 Å². The number of hydrogen-bond donors (Lipinski definition) is 2. The highest BCUT2D eigenvalue weighted by Crippen LogP contribution is 2.32. The second-order valence-corrected chi connectivity index (χ2v) is 8.24. The number of rotatable bonds is 10. The Morgan fingerprint density at radius 2 is 1.86 bits per heavy atom. The molecule has 0 bridgehead atoms. The van der Waals surface area contributed by atoms with Gasteiger partial charge in [-0.3, -0.25) is 4.79 Å². The summed E-state index contributed by atoms with van der Waals surface area (Å²) >= 11 is 0. The standard InChI is InChI=1S/C20H24N2O6S/c1-2-3-10-22-29(24,25)17-7-5-16(6-8-17)26-13-20(23)21-12-15-4-9-18-19(11-15)28-14-27-18/h4-9,11,22H,2-3,10,12-14H2,1H3,(H,21,23). The van der Waals surface area contributed by atoms with Crippen molar-refractivity contribution in [3.63, 3.8) is 0 Å². The second-order valence-electron chi connectivity index (χ2n) is 6.48. The molecule has 0 atom stereocenters. The van der Waals surface area contributed by atoms with Gasteiger partial charge in [-0.1, -0.05) is 19.4 Å². The summed E-state index contributed by atoms with van der Waals surface area (Å²) in [4.78, 5) is 12.2. The van der Waals surface area contributed by atoms with Crippen molar-refractivity contribution in [2.24, 2.45) is 0 Å². The fourth-order valence-corrected chi connectivity index (χ4v) is 3.71. The Morgan fingerprint density at radius 1 is 1.10 bits per heavy atom. The van der Waals surface area contributed by atoms with E-state index in [1.54, 1.807) is 6.07 Å². The molecule has 0 aromatic heterocycles. The van der Waals surface area contributed by atoms with Crippen LogP contribution < -0.4 is 24.2 Å². The highest BCUT2D eigenvalue weighted by molar-refractivity contribution is 7.89. The molecule has 0 aliphatic carbocycles. The molecule has 0 spiro atoms. The Hall–Kier alpha value is -2.78. The first-order chi connectivity index (χ1) is 14.0. The van der Waals surface area contributed by atoms with Crippen LogP contribution in [-0.2, 0) is 21.4 Å². The fourth-order valence-electron chi connectivity index (χ4n) is 2.63. The molecule has 0 unspecified atom stereocenters. The van der Waals surface area contributed by atoms with Gasteiger partial charge in [-0.25, -0.2) is 13.1 Å². The van der Waals surface area contributed by atoms with Crippen LogP contribution in [0.1, 0.15) is 25.3 Å². The Morgan fingerprint density at radius 3 is 2.62 bits per heavy atom. The van der Waals surface area contributed by atoms with Gasteiger partial charge in [0.2, 0.25) is 16.8 Å². The fraction of sp³-hybridized carbons (Fsp3) is 0.350. The maximum Gasteiger partial charge on any atom is 0.258 e. The molecule has 0 radical (unpaired) electrons. The Labute approximate surface area is 170 Å². The van der Waals surface area contributed by atoms with E-state index >= 15 is 0 Å². The molecule has 2 N–H and O–H groups in total. The topological polar surface area (TPSA) is 103 Å². The van der Waals surface area contributed by atoms with Crippen molar-refractivity contribution in [2.45, 2.75) is 31.2 Å². The van der Waals surface area contributed by atoms with Crippen LogP contribution in [0.2, 0.25) is 0 Å². The lowest BCUT2D eigenvalue weighted by Gasteiger charge is -2.09. The van der Waals surface area contributed by atoms with E-state index in [0.717, 1.165) is 18.4 Å². The number of unbranched alkanes of at least 4 members (excludes halogenated alkanes) is 1. The van der Waals surface area contributed by atoms with E-state index in [4.69, 9.17) is 14.2 Å². The van der Waals surface area contributed by atoms with E-state index in [9.17, 15) is 13.2 Å². The van der Waals surface area contributed by atoms with Crippen LogP contribution in [-0.4, -0.2) is 34.3 Å². The van der Waals surface area contributed by atoms with Crippen molar-refractivity contribution in [2.75, 3.05) is 19.9 Å². The second kappa shape index (κ2) is 9.62. The van der Waals surface area contributed by atoms with Crippen molar-refractivity contribution in [1.29, 1.82) is 0 Å². The van der Waals surface area contributed by atoms with Gasteiger partial charge in [0, 0.05) is 13.1 Å². The van der Waals surface area contributed by atoms with Crippen LogP contribution in [0.25, 0.3) is 0 Å². The number of amides is 1. The molecule has 1 aliphatic heterocycles. The first kappa shape index (κ1) is 20.9. The largest absolute Gasteiger partial charge is 0.484 e. The Kier molecular flexibility index (Phi) is 6.95. The first-order valence-electron chi connectivity index (χ1n) is 9.35. The van der Waals surface area contributed by atoms with E-state index in [1.807, 2.05) is 19.1 Å². The molecule has 1 aliphatic rings. The van der Waals surface area contributed by atoms with Crippen molar-refractivity contribution in [3.05, 3.63) is 48.0 Å². The van der Waals surface area contributed by atoms with Gasteiger partial charge in [-0.2, -0.15) is 0 Å². The summed E-state index contributed by atoms with van der Waals surface area (Å²) in [5, 5.41) is 2.76. The molecule has 29 heavy (non-hydrogen) atoms. The number of sulfonamides is 1. The molecule has 0 saturated heterocycles. The maximum absolute atomic E-state index is 12.1. The average molecular weight is 420 g/mol. The highest BCUT2D eigenvalue weighted by Gasteiger charge is 2.14. The smallest absolute Gasteiger partial charge is 0.258 e. The molecule has 2 aromatic carbocycles. The third-order valence-corrected chi connectivity index (χ3v) is 5.73. The summed E-state index contributed by atoms with van der Waals surface area (Å²) in [7, 11) is -3.53. The van der Waals surface area contributed by atoms with Crippen molar-refractivity contribution < 1.29 is 27.4 Å². The van der Waals surface area contributed by atoms with Gasteiger partial charge in [0.05, 0.1) is 4.90 Å². The Bertz CT molecular complexity index is 944. The lowest BCUT2D eigenvalue weighted by molar-refractivity contribution is -0.123. The average Bonchev–Trinajstić information content (AvgIpc) is 3.19. The number of carbonyl (C=O) groups is 1. The van der Waals surface area contributed by atoms with Crippen LogP contribution >= 0.6 is 0 Å². The van der Waals surface area contributed by atoms with E-state index in [1.165, 1.54) is 24.3 Å². The third-order valence-electron chi connectivity index (χ3n) is 4.25. The minimum atomic E-state index is -3.53. The monoisotopic (exact) mass is 420 g/mol. The van der Waals surface area contributed by atoms with Gasteiger partial charge in [0.15, 0.2) is 18.1 Å². The maximum atomic E-state index is 12.1. The molecule has 3 rings (SSSR count). The zero-order valence-corrected chi connectivity index (χ0v) is 17.0. The minimum Gasteiger partial charge on any atom is -0.484 e. The predicted molar refractivity (Wildman–Crippen MR) is 106 cm³/mol. The lowest BCUT2D eigenvalue weighted by atomic mass is 10.2. The molecule has 1 amide bonds. The van der Waals surface area contributed by atoms with Gasteiger partial charge in [0.25, 0.3) is 5.91 Å². The molecular weight excluding hydrogens is 396 g/mol. The minimum absolute atomic E-state index is 0.160.